The fourth-order valence-electron chi connectivity index (χ4n) is 4.23. The summed E-state index contributed by atoms with van der Waals surface area (Å²) in [5.41, 5.74) is 4.69. The summed E-state index contributed by atoms with van der Waals surface area (Å²) in [5, 5.41) is 0. The first-order chi connectivity index (χ1) is 12.2. The molecule has 0 aliphatic carbocycles. The van der Waals surface area contributed by atoms with E-state index in [4.69, 9.17) is 0 Å². The quantitative estimate of drug-likeness (QED) is 0.404. The first-order valence-electron chi connectivity index (χ1n) is 9.88. The maximum atomic E-state index is 2.59. The van der Waals surface area contributed by atoms with Crippen LogP contribution in [0.3, 0.4) is 0 Å². The standard InChI is InChI=1S/C24H34N/c1-5-23(25(7-3)8-4)24(6-2,19-21-15-11-9-12-16-21)20-22-17-13-10-14-18-22/h9-18H,5-8,19-20H2,1-4H3/q+1. The van der Waals surface area contributed by atoms with Gasteiger partial charge in [0.2, 0.25) is 0 Å². The molecule has 0 saturated carbocycles. The molecule has 2 aromatic rings. The lowest BCUT2D eigenvalue weighted by molar-refractivity contribution is -0.525. The van der Waals surface area contributed by atoms with Gasteiger partial charge in [-0.2, -0.15) is 0 Å². The van der Waals surface area contributed by atoms with Crippen LogP contribution in [0.4, 0.5) is 0 Å². The van der Waals surface area contributed by atoms with E-state index in [0.717, 1.165) is 38.8 Å². The molecule has 134 valence electrons. The fourth-order valence-corrected chi connectivity index (χ4v) is 4.23. The van der Waals surface area contributed by atoms with Crippen LogP contribution in [0.15, 0.2) is 60.7 Å². The van der Waals surface area contributed by atoms with Crippen LogP contribution in [0.2, 0.25) is 0 Å². The zero-order chi connectivity index (χ0) is 18.1. The fraction of sp³-hybridized carbons (Fsp3) is 0.458. The largest absolute Gasteiger partial charge is 0.237 e. The van der Waals surface area contributed by atoms with E-state index >= 15 is 0 Å². The number of nitrogens with zero attached hydrogens (tertiary/aromatic N) is 1. The lowest BCUT2D eigenvalue weighted by atomic mass is 9.70. The van der Waals surface area contributed by atoms with Gasteiger partial charge in [-0.15, -0.1) is 0 Å². The molecule has 0 bridgehead atoms. The summed E-state index contributed by atoms with van der Waals surface area (Å²) in [6.07, 6.45) is 4.50. The van der Waals surface area contributed by atoms with Crippen molar-refractivity contribution in [2.45, 2.75) is 53.4 Å². The molecule has 25 heavy (non-hydrogen) atoms. The van der Waals surface area contributed by atoms with Crippen molar-refractivity contribution >= 4 is 5.71 Å². The Morgan fingerprint density at radius 1 is 0.720 bits per heavy atom. The summed E-state index contributed by atoms with van der Waals surface area (Å²) < 4.78 is 2.59. The number of rotatable bonds is 9. The van der Waals surface area contributed by atoms with Crippen molar-refractivity contribution in [3.05, 3.63) is 71.8 Å². The van der Waals surface area contributed by atoms with Gasteiger partial charge in [0.1, 0.15) is 13.1 Å². The predicted octanol–water partition coefficient (Wildman–Crippen LogP) is 5.77. The summed E-state index contributed by atoms with van der Waals surface area (Å²) in [7, 11) is 0. The molecule has 1 nitrogen and oxygen atoms in total. The van der Waals surface area contributed by atoms with Crippen LogP contribution >= 0.6 is 0 Å². The average molecular weight is 337 g/mol. The van der Waals surface area contributed by atoms with Crippen LogP contribution in [0.1, 0.15) is 51.7 Å². The normalized spacial score (nSPS) is 11.4. The smallest absolute Gasteiger partial charge is 0.158 e. The molecule has 0 N–H and O–H groups in total. The maximum Gasteiger partial charge on any atom is 0.158 e. The molecule has 0 aromatic heterocycles. The molecule has 0 unspecified atom stereocenters. The van der Waals surface area contributed by atoms with Gasteiger partial charge in [-0.3, -0.25) is 0 Å². The van der Waals surface area contributed by atoms with Crippen molar-refractivity contribution < 1.29 is 4.58 Å². The Balaban J connectivity index is 2.53. The average Bonchev–Trinajstić information content (AvgIpc) is 2.67. The van der Waals surface area contributed by atoms with Crippen molar-refractivity contribution in [1.82, 2.24) is 0 Å². The van der Waals surface area contributed by atoms with Crippen LogP contribution in [0, 0.1) is 5.41 Å². The molecule has 2 rings (SSSR count). The molecule has 0 aliphatic heterocycles. The Bertz CT molecular complexity index is 608. The van der Waals surface area contributed by atoms with Crippen LogP contribution in [0.5, 0.6) is 0 Å². The SMILES string of the molecule is CCC(=[N+](CC)CC)C(CC)(Cc1ccccc1)Cc1ccccc1. The topological polar surface area (TPSA) is 3.01 Å². The highest BCUT2D eigenvalue weighted by molar-refractivity contribution is 5.86. The summed E-state index contributed by atoms with van der Waals surface area (Å²) in [6, 6.07) is 22.0. The van der Waals surface area contributed by atoms with Crippen molar-refractivity contribution in [1.29, 1.82) is 0 Å². The molecule has 0 spiro atoms. The van der Waals surface area contributed by atoms with E-state index in [9.17, 15) is 0 Å². The van der Waals surface area contributed by atoms with Crippen LogP contribution in [-0.4, -0.2) is 23.4 Å². The predicted molar refractivity (Wildman–Crippen MR) is 110 cm³/mol. The molecule has 0 fully saturated rings. The minimum absolute atomic E-state index is 0.184. The monoisotopic (exact) mass is 336 g/mol. The minimum Gasteiger partial charge on any atom is -0.237 e. The van der Waals surface area contributed by atoms with Gasteiger partial charge in [0, 0.05) is 6.42 Å². The highest BCUT2D eigenvalue weighted by atomic mass is 15.0. The Morgan fingerprint density at radius 2 is 1.16 bits per heavy atom. The lowest BCUT2D eigenvalue weighted by Gasteiger charge is -2.33. The molecule has 0 radical (unpaired) electrons. The van der Waals surface area contributed by atoms with Gasteiger partial charge in [0.25, 0.3) is 0 Å². The van der Waals surface area contributed by atoms with Crippen LogP contribution in [-0.2, 0) is 12.8 Å². The molecule has 2 aromatic carbocycles. The van der Waals surface area contributed by atoms with E-state index in [1.54, 1.807) is 5.71 Å². The van der Waals surface area contributed by atoms with E-state index in [1.165, 1.54) is 11.1 Å². The van der Waals surface area contributed by atoms with E-state index < -0.39 is 0 Å². The van der Waals surface area contributed by atoms with Gasteiger partial charge < -0.3 is 0 Å². The zero-order valence-electron chi connectivity index (χ0n) is 16.5. The molecular formula is C24H34N+. The zero-order valence-corrected chi connectivity index (χ0v) is 16.5. The maximum absolute atomic E-state index is 2.59. The third-order valence-electron chi connectivity index (χ3n) is 5.54. The summed E-state index contributed by atoms with van der Waals surface area (Å²) in [4.78, 5) is 0. The highest BCUT2D eigenvalue weighted by Gasteiger charge is 2.39. The minimum atomic E-state index is 0.184. The second kappa shape index (κ2) is 9.56. The summed E-state index contributed by atoms with van der Waals surface area (Å²) in [6.45, 7) is 11.4. The van der Waals surface area contributed by atoms with Crippen molar-refractivity contribution in [2.75, 3.05) is 13.1 Å². The first-order valence-corrected chi connectivity index (χ1v) is 9.88. The van der Waals surface area contributed by atoms with Gasteiger partial charge in [-0.25, -0.2) is 4.58 Å². The number of hydrogen-bond donors (Lipinski definition) is 0. The highest BCUT2D eigenvalue weighted by Crippen LogP contribution is 2.35. The van der Waals surface area contributed by atoms with Gasteiger partial charge >= 0.3 is 0 Å². The van der Waals surface area contributed by atoms with Gasteiger partial charge in [0.15, 0.2) is 5.71 Å². The Hall–Kier alpha value is -1.89. The Labute approximate surface area is 154 Å². The second-order valence-corrected chi connectivity index (χ2v) is 6.93. The lowest BCUT2D eigenvalue weighted by Crippen LogP contribution is -2.41. The van der Waals surface area contributed by atoms with Crippen molar-refractivity contribution in [3.8, 4) is 0 Å². The third-order valence-corrected chi connectivity index (χ3v) is 5.54. The van der Waals surface area contributed by atoms with E-state index in [-0.39, 0.29) is 5.41 Å². The van der Waals surface area contributed by atoms with E-state index in [0.29, 0.717) is 0 Å². The van der Waals surface area contributed by atoms with E-state index in [1.807, 2.05) is 0 Å². The molecule has 0 atom stereocenters. The van der Waals surface area contributed by atoms with E-state index in [2.05, 4.69) is 92.9 Å². The summed E-state index contributed by atoms with van der Waals surface area (Å²) >= 11 is 0. The molecule has 0 amide bonds. The molecular weight excluding hydrogens is 302 g/mol. The van der Waals surface area contributed by atoms with Gasteiger partial charge in [-0.1, -0.05) is 74.5 Å². The molecule has 1 heteroatoms. The first kappa shape index (κ1) is 19.4. The summed E-state index contributed by atoms with van der Waals surface area (Å²) in [5.74, 6) is 0. The molecule has 0 heterocycles. The number of benzene rings is 2. The Morgan fingerprint density at radius 3 is 1.48 bits per heavy atom. The molecule has 0 aliphatic rings. The molecule has 0 saturated heterocycles. The van der Waals surface area contributed by atoms with Crippen LogP contribution in [0.25, 0.3) is 0 Å². The third kappa shape index (κ3) is 4.81. The van der Waals surface area contributed by atoms with Gasteiger partial charge in [-0.05, 0) is 44.2 Å². The van der Waals surface area contributed by atoms with Gasteiger partial charge in [0.05, 0.1) is 5.41 Å². The van der Waals surface area contributed by atoms with Crippen molar-refractivity contribution in [2.24, 2.45) is 5.41 Å². The Kier molecular flexibility index (Phi) is 7.43. The second-order valence-electron chi connectivity index (χ2n) is 6.93. The number of hydrogen-bond acceptors (Lipinski definition) is 0. The van der Waals surface area contributed by atoms with Crippen LogP contribution < -0.4 is 0 Å². The van der Waals surface area contributed by atoms with Crippen molar-refractivity contribution in [3.63, 3.8) is 0 Å².